The lowest BCUT2D eigenvalue weighted by Gasteiger charge is -2.25. The summed E-state index contributed by atoms with van der Waals surface area (Å²) in [5, 5.41) is 6.94. The molecule has 6 nitrogen and oxygen atoms in total. The SMILES string of the molecule is CC1CCC(=NNC(=O)c2csc(N3CCOCC3)n2)CC1. The highest BCUT2D eigenvalue weighted by molar-refractivity contribution is 7.13. The second kappa shape index (κ2) is 7.19. The number of amides is 1. The molecule has 1 saturated heterocycles. The molecule has 1 amide bonds. The lowest BCUT2D eigenvalue weighted by atomic mass is 9.90. The first-order valence-electron chi connectivity index (χ1n) is 7.86. The predicted molar refractivity (Wildman–Crippen MR) is 87.7 cm³/mol. The summed E-state index contributed by atoms with van der Waals surface area (Å²) in [6.45, 7) is 5.35. The first kappa shape index (κ1) is 15.4. The van der Waals surface area contributed by atoms with Crippen molar-refractivity contribution in [2.75, 3.05) is 31.2 Å². The number of ether oxygens (including phenoxy) is 1. The van der Waals surface area contributed by atoms with Gasteiger partial charge >= 0.3 is 0 Å². The third kappa shape index (κ3) is 3.84. The Bertz CT molecular complexity index is 541. The van der Waals surface area contributed by atoms with Crippen molar-refractivity contribution < 1.29 is 9.53 Å². The Morgan fingerprint density at radius 3 is 2.86 bits per heavy atom. The molecule has 7 heteroatoms. The predicted octanol–water partition coefficient (Wildman–Crippen LogP) is 2.28. The summed E-state index contributed by atoms with van der Waals surface area (Å²) >= 11 is 1.50. The Balaban J connectivity index is 1.56. The van der Waals surface area contributed by atoms with Crippen LogP contribution in [0.1, 0.15) is 43.1 Å². The maximum absolute atomic E-state index is 12.1. The van der Waals surface area contributed by atoms with Crippen LogP contribution in [-0.2, 0) is 4.74 Å². The number of thiazole rings is 1. The molecule has 0 unspecified atom stereocenters. The molecular weight excluding hydrogens is 300 g/mol. The molecule has 1 aromatic rings. The van der Waals surface area contributed by atoms with Crippen LogP contribution in [0.3, 0.4) is 0 Å². The molecule has 1 aliphatic heterocycles. The van der Waals surface area contributed by atoms with Gasteiger partial charge in [0.25, 0.3) is 5.91 Å². The Labute approximate surface area is 134 Å². The lowest BCUT2D eigenvalue weighted by molar-refractivity contribution is 0.0950. The number of anilines is 1. The third-order valence-electron chi connectivity index (χ3n) is 4.17. The second-order valence-electron chi connectivity index (χ2n) is 5.92. The van der Waals surface area contributed by atoms with Gasteiger partial charge in [0, 0.05) is 24.2 Å². The fourth-order valence-corrected chi connectivity index (χ4v) is 3.52. The smallest absolute Gasteiger partial charge is 0.290 e. The number of hydrogen-bond donors (Lipinski definition) is 1. The normalized spacial score (nSPS) is 22.5. The van der Waals surface area contributed by atoms with E-state index in [9.17, 15) is 4.79 Å². The van der Waals surface area contributed by atoms with E-state index in [-0.39, 0.29) is 5.91 Å². The van der Waals surface area contributed by atoms with Crippen LogP contribution in [0.5, 0.6) is 0 Å². The number of rotatable bonds is 3. The van der Waals surface area contributed by atoms with E-state index in [0.717, 1.165) is 55.5 Å². The monoisotopic (exact) mass is 322 g/mol. The number of hydrazone groups is 1. The van der Waals surface area contributed by atoms with Crippen LogP contribution in [0, 0.1) is 5.92 Å². The van der Waals surface area contributed by atoms with E-state index in [4.69, 9.17) is 4.74 Å². The molecule has 2 aliphatic rings. The van der Waals surface area contributed by atoms with Crippen molar-refractivity contribution in [1.82, 2.24) is 10.4 Å². The highest BCUT2D eigenvalue weighted by atomic mass is 32.1. The lowest BCUT2D eigenvalue weighted by Crippen LogP contribution is -2.36. The summed E-state index contributed by atoms with van der Waals surface area (Å²) in [5.74, 6) is 0.547. The largest absolute Gasteiger partial charge is 0.378 e. The van der Waals surface area contributed by atoms with Gasteiger partial charge in [-0.2, -0.15) is 5.10 Å². The minimum absolute atomic E-state index is 0.220. The van der Waals surface area contributed by atoms with Gasteiger partial charge in [0.1, 0.15) is 5.69 Å². The topological polar surface area (TPSA) is 66.8 Å². The maximum Gasteiger partial charge on any atom is 0.290 e. The number of aromatic nitrogens is 1. The number of hydrogen-bond acceptors (Lipinski definition) is 6. The molecule has 1 aromatic heterocycles. The van der Waals surface area contributed by atoms with Crippen LogP contribution in [0.4, 0.5) is 5.13 Å². The van der Waals surface area contributed by atoms with Crippen molar-refractivity contribution in [3.05, 3.63) is 11.1 Å². The first-order valence-corrected chi connectivity index (χ1v) is 8.74. The minimum atomic E-state index is -0.220. The number of morpholine rings is 1. The molecule has 0 bridgehead atoms. The third-order valence-corrected chi connectivity index (χ3v) is 5.07. The summed E-state index contributed by atoms with van der Waals surface area (Å²) in [6, 6.07) is 0. The van der Waals surface area contributed by atoms with Crippen LogP contribution in [0.2, 0.25) is 0 Å². The van der Waals surface area contributed by atoms with Crippen molar-refractivity contribution in [3.63, 3.8) is 0 Å². The molecule has 0 atom stereocenters. The van der Waals surface area contributed by atoms with E-state index in [2.05, 4.69) is 27.3 Å². The fourth-order valence-electron chi connectivity index (χ4n) is 2.66. The van der Waals surface area contributed by atoms with Gasteiger partial charge < -0.3 is 9.64 Å². The van der Waals surface area contributed by atoms with Crippen LogP contribution < -0.4 is 10.3 Å². The number of nitrogens with zero attached hydrogens (tertiary/aromatic N) is 3. The van der Waals surface area contributed by atoms with Gasteiger partial charge in [0.15, 0.2) is 5.13 Å². The zero-order valence-corrected chi connectivity index (χ0v) is 13.7. The van der Waals surface area contributed by atoms with E-state index in [1.807, 2.05) is 0 Å². The van der Waals surface area contributed by atoms with Crippen molar-refractivity contribution >= 4 is 28.1 Å². The van der Waals surface area contributed by atoms with Gasteiger partial charge in [0.05, 0.1) is 13.2 Å². The minimum Gasteiger partial charge on any atom is -0.378 e. The van der Waals surface area contributed by atoms with Gasteiger partial charge in [0.2, 0.25) is 0 Å². The quantitative estimate of drug-likeness (QED) is 0.867. The average Bonchev–Trinajstić information content (AvgIpc) is 3.05. The van der Waals surface area contributed by atoms with Crippen LogP contribution in [0.25, 0.3) is 0 Å². The summed E-state index contributed by atoms with van der Waals surface area (Å²) < 4.78 is 5.33. The molecule has 2 heterocycles. The Kier molecular flexibility index (Phi) is 5.04. The Morgan fingerprint density at radius 2 is 2.14 bits per heavy atom. The first-order chi connectivity index (χ1) is 10.7. The standard InChI is InChI=1S/C15H22N4O2S/c1-11-2-4-12(5-3-11)17-18-14(20)13-10-22-15(16-13)19-6-8-21-9-7-19/h10-11H,2-9H2,1H3,(H,18,20). The van der Waals surface area contributed by atoms with E-state index in [0.29, 0.717) is 18.9 Å². The summed E-state index contributed by atoms with van der Waals surface area (Å²) in [5.41, 5.74) is 4.19. The van der Waals surface area contributed by atoms with Gasteiger partial charge in [-0.05, 0) is 31.6 Å². The Hall–Kier alpha value is -1.47. The molecular formula is C15H22N4O2S. The zero-order valence-electron chi connectivity index (χ0n) is 12.9. The summed E-state index contributed by atoms with van der Waals surface area (Å²) in [4.78, 5) is 18.7. The molecule has 0 aromatic carbocycles. The molecule has 0 spiro atoms. The number of carbonyl (C=O) groups excluding carboxylic acids is 1. The molecule has 1 N–H and O–H groups in total. The Morgan fingerprint density at radius 1 is 1.41 bits per heavy atom. The van der Waals surface area contributed by atoms with E-state index >= 15 is 0 Å². The summed E-state index contributed by atoms with van der Waals surface area (Å²) in [6.07, 6.45) is 4.29. The number of carbonyl (C=O) groups is 1. The molecule has 1 aliphatic carbocycles. The molecule has 1 saturated carbocycles. The average molecular weight is 322 g/mol. The molecule has 3 rings (SSSR count). The fraction of sp³-hybridized carbons (Fsp3) is 0.667. The van der Waals surface area contributed by atoms with Crippen LogP contribution in [0.15, 0.2) is 10.5 Å². The summed E-state index contributed by atoms with van der Waals surface area (Å²) in [7, 11) is 0. The highest BCUT2D eigenvalue weighted by Crippen LogP contribution is 2.22. The van der Waals surface area contributed by atoms with Crippen LogP contribution >= 0.6 is 11.3 Å². The van der Waals surface area contributed by atoms with Gasteiger partial charge in [-0.25, -0.2) is 10.4 Å². The van der Waals surface area contributed by atoms with E-state index in [1.54, 1.807) is 5.38 Å². The van der Waals surface area contributed by atoms with Crippen molar-refractivity contribution in [1.29, 1.82) is 0 Å². The molecule has 0 radical (unpaired) electrons. The van der Waals surface area contributed by atoms with Gasteiger partial charge in [-0.1, -0.05) is 6.92 Å². The van der Waals surface area contributed by atoms with Crippen molar-refractivity contribution in [3.8, 4) is 0 Å². The van der Waals surface area contributed by atoms with Gasteiger partial charge in [-0.3, -0.25) is 4.79 Å². The maximum atomic E-state index is 12.1. The number of nitrogens with one attached hydrogen (secondary N) is 1. The zero-order chi connectivity index (χ0) is 15.4. The van der Waals surface area contributed by atoms with E-state index in [1.165, 1.54) is 11.3 Å². The van der Waals surface area contributed by atoms with Crippen LogP contribution in [-0.4, -0.2) is 42.9 Å². The highest BCUT2D eigenvalue weighted by Gasteiger charge is 2.18. The van der Waals surface area contributed by atoms with Crippen molar-refractivity contribution in [2.24, 2.45) is 11.0 Å². The van der Waals surface area contributed by atoms with E-state index < -0.39 is 0 Å². The second-order valence-corrected chi connectivity index (χ2v) is 6.75. The van der Waals surface area contributed by atoms with Gasteiger partial charge in [-0.15, -0.1) is 11.3 Å². The molecule has 120 valence electrons. The van der Waals surface area contributed by atoms with Crippen molar-refractivity contribution in [2.45, 2.75) is 32.6 Å². The molecule has 2 fully saturated rings. The molecule has 22 heavy (non-hydrogen) atoms.